The molecular formula is C23H19F2N7O2S. The Balaban J connectivity index is 1.75. The zero-order chi connectivity index (χ0) is 24.9. The van der Waals surface area contributed by atoms with E-state index in [1.807, 2.05) is 0 Å². The number of carbonyl (C=O) groups excluding carboxylic acids is 1. The van der Waals surface area contributed by atoms with E-state index in [1.165, 1.54) is 25.4 Å². The Morgan fingerprint density at radius 2 is 2.09 bits per heavy atom. The Bertz CT molecular complexity index is 1370. The normalized spacial score (nSPS) is 13.2. The van der Waals surface area contributed by atoms with Crippen molar-refractivity contribution in [1.82, 2.24) is 20.2 Å². The molecule has 0 atom stereocenters. The van der Waals surface area contributed by atoms with Crippen molar-refractivity contribution in [1.29, 1.82) is 5.41 Å². The third kappa shape index (κ3) is 5.64. The van der Waals surface area contributed by atoms with E-state index in [0.29, 0.717) is 10.9 Å². The molecule has 0 spiro atoms. The number of amides is 1. The maximum Gasteiger partial charge on any atom is 0.280 e. The second-order valence-corrected chi connectivity index (χ2v) is 8.40. The molecule has 4 N–H and O–H groups in total. The van der Waals surface area contributed by atoms with Crippen LogP contribution in [0.2, 0.25) is 0 Å². The first-order valence-electron chi connectivity index (χ1n) is 10.3. The smallest absolute Gasteiger partial charge is 0.280 e. The Morgan fingerprint density at radius 1 is 1.29 bits per heavy atom. The number of aromatic nitrogens is 4. The van der Waals surface area contributed by atoms with E-state index in [-0.39, 0.29) is 39.0 Å². The number of anilines is 1. The molecule has 3 aromatic rings. The van der Waals surface area contributed by atoms with Crippen molar-refractivity contribution in [3.63, 3.8) is 0 Å². The van der Waals surface area contributed by atoms with E-state index in [1.54, 1.807) is 0 Å². The Hall–Kier alpha value is -4.24. The summed E-state index contributed by atoms with van der Waals surface area (Å²) in [6, 6.07) is 2.61. The second kappa shape index (κ2) is 10.4. The summed E-state index contributed by atoms with van der Waals surface area (Å²) >= 11 is 1.12. The fourth-order valence-corrected chi connectivity index (χ4v) is 3.62. The summed E-state index contributed by atoms with van der Waals surface area (Å²) in [6.07, 6.45) is 4.03. The molecule has 1 fully saturated rings. The number of allylic oxidation sites excluding steroid dienone is 1. The molecule has 1 aliphatic rings. The number of methoxy groups -OCH3 is 1. The van der Waals surface area contributed by atoms with Crippen LogP contribution in [-0.4, -0.2) is 39.4 Å². The molecule has 4 rings (SSSR count). The van der Waals surface area contributed by atoms with Crippen LogP contribution in [0.5, 0.6) is 5.75 Å². The number of hydrogen-bond donors (Lipinski definition) is 3. The number of carbonyl (C=O) groups is 1. The zero-order valence-corrected chi connectivity index (χ0v) is 19.2. The second-order valence-electron chi connectivity index (χ2n) is 7.42. The van der Waals surface area contributed by atoms with Gasteiger partial charge in [0, 0.05) is 29.5 Å². The fourth-order valence-electron chi connectivity index (χ4n) is 3.02. The van der Waals surface area contributed by atoms with Crippen LogP contribution >= 0.6 is 11.3 Å². The molecule has 0 unspecified atom stereocenters. The molecule has 0 saturated heterocycles. The van der Waals surface area contributed by atoms with Crippen LogP contribution in [0.25, 0.3) is 16.8 Å². The monoisotopic (exact) mass is 495 g/mol. The van der Waals surface area contributed by atoms with Crippen molar-refractivity contribution in [3.8, 4) is 28.7 Å². The fraction of sp³-hybridized carbons (Fsp3) is 0.217. The van der Waals surface area contributed by atoms with Crippen LogP contribution in [0.1, 0.15) is 46.0 Å². The highest BCUT2D eigenvalue weighted by atomic mass is 32.1. The summed E-state index contributed by atoms with van der Waals surface area (Å²) in [7, 11) is 1.36. The van der Waals surface area contributed by atoms with Gasteiger partial charge in [0.1, 0.15) is 11.4 Å². The van der Waals surface area contributed by atoms with Gasteiger partial charge >= 0.3 is 0 Å². The number of hydrogen-bond acceptors (Lipinski definition) is 9. The molecule has 9 nitrogen and oxygen atoms in total. The standard InChI is InChI=1S/C23H19F2N7O2S/c1-34-19-11-29-18(21(24)25)9-14(19)13-8-17(16(27)6-7-26)28-10-15(13)22(33)30-23-32-31-20(35-23)5-4-12-2-3-12/h6-12,21,26H,2-3,27H2,1H3,(H,30,32,33)/b16-6-,26-7?. The van der Waals surface area contributed by atoms with E-state index in [4.69, 9.17) is 15.9 Å². The predicted molar refractivity (Wildman–Crippen MR) is 127 cm³/mol. The molecule has 1 aliphatic carbocycles. The average Bonchev–Trinajstić information content (AvgIpc) is 3.59. The average molecular weight is 496 g/mol. The van der Waals surface area contributed by atoms with Crippen molar-refractivity contribution in [2.45, 2.75) is 19.3 Å². The first-order valence-corrected chi connectivity index (χ1v) is 11.2. The van der Waals surface area contributed by atoms with Gasteiger partial charge in [-0.25, -0.2) is 8.78 Å². The summed E-state index contributed by atoms with van der Waals surface area (Å²) in [5, 5.41) is 18.5. The Morgan fingerprint density at radius 3 is 2.77 bits per heavy atom. The lowest BCUT2D eigenvalue weighted by atomic mass is 9.98. The van der Waals surface area contributed by atoms with Crippen molar-refractivity contribution < 1.29 is 18.3 Å². The van der Waals surface area contributed by atoms with Gasteiger partial charge in [-0.1, -0.05) is 17.3 Å². The molecule has 1 amide bonds. The van der Waals surface area contributed by atoms with Gasteiger partial charge in [-0.15, -0.1) is 10.2 Å². The van der Waals surface area contributed by atoms with Gasteiger partial charge in [0.15, 0.2) is 5.01 Å². The van der Waals surface area contributed by atoms with Crippen LogP contribution in [0.4, 0.5) is 13.9 Å². The van der Waals surface area contributed by atoms with Crippen molar-refractivity contribution in [3.05, 3.63) is 52.6 Å². The molecule has 3 aromatic heterocycles. The summed E-state index contributed by atoms with van der Waals surface area (Å²) in [4.78, 5) is 21.1. The number of pyridine rings is 2. The molecule has 0 aliphatic heterocycles. The molecule has 1 saturated carbocycles. The largest absolute Gasteiger partial charge is 0.494 e. The number of alkyl halides is 2. The number of nitrogens with zero attached hydrogens (tertiary/aromatic N) is 4. The van der Waals surface area contributed by atoms with Crippen molar-refractivity contribution >= 4 is 34.3 Å². The van der Waals surface area contributed by atoms with Gasteiger partial charge in [0.2, 0.25) is 5.13 Å². The highest BCUT2D eigenvalue weighted by molar-refractivity contribution is 7.15. The molecule has 0 radical (unpaired) electrons. The molecule has 35 heavy (non-hydrogen) atoms. The van der Waals surface area contributed by atoms with E-state index in [9.17, 15) is 13.6 Å². The zero-order valence-electron chi connectivity index (χ0n) is 18.4. The lowest BCUT2D eigenvalue weighted by Crippen LogP contribution is -2.15. The first kappa shape index (κ1) is 23.9. The molecule has 0 aromatic carbocycles. The number of ether oxygens (including phenoxy) is 1. The van der Waals surface area contributed by atoms with E-state index >= 15 is 0 Å². The third-order valence-corrected chi connectivity index (χ3v) is 5.69. The quantitative estimate of drug-likeness (QED) is 0.334. The van der Waals surface area contributed by atoms with Crippen LogP contribution in [-0.2, 0) is 0 Å². The van der Waals surface area contributed by atoms with Gasteiger partial charge in [0.25, 0.3) is 12.3 Å². The topological polar surface area (TPSA) is 140 Å². The number of rotatable bonds is 7. The maximum absolute atomic E-state index is 13.4. The Kier molecular flexibility index (Phi) is 7.07. The van der Waals surface area contributed by atoms with Crippen LogP contribution in [0.3, 0.4) is 0 Å². The summed E-state index contributed by atoms with van der Waals surface area (Å²) in [6.45, 7) is 0. The highest BCUT2D eigenvalue weighted by Gasteiger charge is 2.22. The minimum atomic E-state index is -2.84. The van der Waals surface area contributed by atoms with Gasteiger partial charge in [-0.2, -0.15) is 0 Å². The summed E-state index contributed by atoms with van der Waals surface area (Å²) in [5.41, 5.74) is 6.35. The maximum atomic E-state index is 13.4. The van der Waals surface area contributed by atoms with Crippen LogP contribution in [0, 0.1) is 23.2 Å². The van der Waals surface area contributed by atoms with Crippen molar-refractivity contribution in [2.24, 2.45) is 11.7 Å². The molecule has 0 bridgehead atoms. The lowest BCUT2D eigenvalue weighted by Gasteiger charge is -2.15. The summed E-state index contributed by atoms with van der Waals surface area (Å²) in [5.74, 6) is 5.99. The SMILES string of the molecule is COc1cnc(C(F)F)cc1-c1cc(/C(N)=C/C=N)ncc1C(=O)Nc1nnc(C#CC2CC2)s1. The van der Waals surface area contributed by atoms with Gasteiger partial charge in [-0.3, -0.25) is 20.1 Å². The predicted octanol–water partition coefficient (Wildman–Crippen LogP) is 3.90. The van der Waals surface area contributed by atoms with Gasteiger partial charge in [-0.05, 0) is 37.0 Å². The number of halogens is 2. The van der Waals surface area contributed by atoms with E-state index in [0.717, 1.165) is 42.7 Å². The summed E-state index contributed by atoms with van der Waals surface area (Å²) < 4.78 is 32.1. The minimum absolute atomic E-state index is 0.0573. The third-order valence-electron chi connectivity index (χ3n) is 4.94. The van der Waals surface area contributed by atoms with Crippen LogP contribution < -0.4 is 15.8 Å². The Labute approximate surface area is 203 Å². The van der Waals surface area contributed by atoms with Crippen LogP contribution in [0.15, 0.2) is 30.6 Å². The number of nitrogens with one attached hydrogen (secondary N) is 2. The highest BCUT2D eigenvalue weighted by Crippen LogP contribution is 2.35. The first-order chi connectivity index (χ1) is 16.9. The number of nitrogens with two attached hydrogens (primary N) is 1. The van der Waals surface area contributed by atoms with E-state index < -0.39 is 18.0 Å². The van der Waals surface area contributed by atoms with E-state index in [2.05, 4.69) is 37.3 Å². The lowest BCUT2D eigenvalue weighted by molar-refractivity contribution is 0.102. The molecule has 3 heterocycles. The van der Waals surface area contributed by atoms with Gasteiger partial charge in [0.05, 0.1) is 30.3 Å². The molecule has 178 valence electrons. The molecule has 12 heteroatoms. The van der Waals surface area contributed by atoms with Gasteiger partial charge < -0.3 is 15.9 Å². The molecular weight excluding hydrogens is 476 g/mol. The minimum Gasteiger partial charge on any atom is -0.494 e. The van der Waals surface area contributed by atoms with Crippen molar-refractivity contribution in [2.75, 3.05) is 12.4 Å².